The topological polar surface area (TPSA) is 89.9 Å². The first-order valence-electron chi connectivity index (χ1n) is 6.21. The molecule has 0 aromatic carbocycles. The van der Waals surface area contributed by atoms with E-state index in [4.69, 9.17) is 5.11 Å². The third-order valence-corrected chi connectivity index (χ3v) is 2.83. The minimum Gasteiger partial charge on any atom is -0.480 e. The van der Waals surface area contributed by atoms with Crippen molar-refractivity contribution in [2.24, 2.45) is 0 Å². The number of carbonyl (C=O) groups is 2. The van der Waals surface area contributed by atoms with E-state index in [1.807, 2.05) is 20.8 Å². The van der Waals surface area contributed by atoms with E-state index in [2.05, 4.69) is 5.32 Å². The molecule has 1 unspecified atom stereocenters. The van der Waals surface area contributed by atoms with Crippen molar-refractivity contribution < 1.29 is 19.8 Å². The van der Waals surface area contributed by atoms with Crippen LogP contribution in [0.15, 0.2) is 0 Å². The van der Waals surface area contributed by atoms with Crippen molar-refractivity contribution in [2.75, 3.05) is 13.2 Å². The van der Waals surface area contributed by atoms with E-state index in [0.29, 0.717) is 12.8 Å². The van der Waals surface area contributed by atoms with Gasteiger partial charge in [0.25, 0.3) is 0 Å². The highest BCUT2D eigenvalue weighted by molar-refractivity contribution is 5.86. The molecule has 6 nitrogen and oxygen atoms in total. The summed E-state index contributed by atoms with van der Waals surface area (Å²) in [7, 11) is 0. The summed E-state index contributed by atoms with van der Waals surface area (Å²) in [6.45, 7) is 7.02. The molecule has 3 N–H and O–H groups in total. The van der Waals surface area contributed by atoms with Gasteiger partial charge in [0.15, 0.2) is 0 Å². The van der Waals surface area contributed by atoms with Crippen molar-refractivity contribution >= 4 is 12.0 Å². The van der Waals surface area contributed by atoms with Gasteiger partial charge in [0.1, 0.15) is 5.54 Å². The third-order valence-electron chi connectivity index (χ3n) is 2.83. The molecule has 0 radical (unpaired) electrons. The van der Waals surface area contributed by atoms with Crippen LogP contribution in [0.4, 0.5) is 4.79 Å². The van der Waals surface area contributed by atoms with E-state index >= 15 is 0 Å². The Labute approximate surface area is 108 Å². The molecule has 1 atom stereocenters. The highest BCUT2D eigenvalue weighted by atomic mass is 16.4. The molecule has 0 aromatic heterocycles. The van der Waals surface area contributed by atoms with Gasteiger partial charge in [-0.1, -0.05) is 13.3 Å². The van der Waals surface area contributed by atoms with Gasteiger partial charge in [-0.3, -0.25) is 0 Å². The smallest absolute Gasteiger partial charge is 0.329 e. The van der Waals surface area contributed by atoms with Crippen molar-refractivity contribution in [2.45, 2.75) is 52.1 Å². The lowest BCUT2D eigenvalue weighted by molar-refractivity contribution is -0.144. The second-order valence-electron chi connectivity index (χ2n) is 4.83. The minimum atomic E-state index is -1.27. The van der Waals surface area contributed by atoms with Gasteiger partial charge in [0.2, 0.25) is 0 Å². The number of rotatable bonds is 7. The van der Waals surface area contributed by atoms with E-state index in [9.17, 15) is 14.7 Å². The van der Waals surface area contributed by atoms with Gasteiger partial charge in [-0.05, 0) is 27.2 Å². The Morgan fingerprint density at radius 2 is 1.94 bits per heavy atom. The maximum absolute atomic E-state index is 12.0. The van der Waals surface area contributed by atoms with Gasteiger partial charge in [-0.25, -0.2) is 9.59 Å². The third kappa shape index (κ3) is 4.52. The molecule has 0 saturated heterocycles. The molecule has 2 amide bonds. The predicted molar refractivity (Wildman–Crippen MR) is 68.4 cm³/mol. The molecule has 106 valence electrons. The number of aliphatic carboxylic acids is 1. The summed E-state index contributed by atoms with van der Waals surface area (Å²) in [5.41, 5.74) is -1.27. The highest BCUT2D eigenvalue weighted by Gasteiger charge is 2.35. The average Bonchev–Trinajstić information content (AvgIpc) is 2.25. The first-order chi connectivity index (χ1) is 8.28. The standard InChI is InChI=1S/C12H24N2O4/c1-5-6-12(4,10(16)17)13-11(18)14(7-8-15)9(2)3/h9,15H,5-8H2,1-4H3,(H,13,18)(H,16,17). The van der Waals surface area contributed by atoms with Gasteiger partial charge in [0, 0.05) is 12.6 Å². The van der Waals surface area contributed by atoms with Crippen LogP contribution >= 0.6 is 0 Å². The monoisotopic (exact) mass is 260 g/mol. The molecular weight excluding hydrogens is 236 g/mol. The first kappa shape index (κ1) is 16.7. The number of aliphatic hydroxyl groups excluding tert-OH is 1. The Kier molecular flexibility index (Phi) is 6.68. The maximum Gasteiger partial charge on any atom is 0.329 e. The minimum absolute atomic E-state index is 0.100. The van der Waals surface area contributed by atoms with Crippen LogP contribution in [0.5, 0.6) is 0 Å². The molecule has 0 aromatic rings. The van der Waals surface area contributed by atoms with Gasteiger partial charge in [-0.2, -0.15) is 0 Å². The summed E-state index contributed by atoms with van der Waals surface area (Å²) in [6, 6.07) is -0.561. The summed E-state index contributed by atoms with van der Waals surface area (Å²) in [5, 5.41) is 20.6. The first-order valence-corrected chi connectivity index (χ1v) is 6.21. The quantitative estimate of drug-likeness (QED) is 0.638. The van der Waals surface area contributed by atoms with Crippen molar-refractivity contribution in [1.82, 2.24) is 10.2 Å². The normalized spacial score (nSPS) is 14.1. The molecule has 0 aliphatic rings. The number of amides is 2. The lowest BCUT2D eigenvalue weighted by Crippen LogP contribution is -2.57. The molecular formula is C12H24N2O4. The molecule has 0 aliphatic heterocycles. The molecule has 0 fully saturated rings. The fourth-order valence-electron chi connectivity index (χ4n) is 1.73. The van der Waals surface area contributed by atoms with E-state index in [-0.39, 0.29) is 19.2 Å². The number of hydrogen-bond donors (Lipinski definition) is 3. The van der Waals surface area contributed by atoms with Crippen molar-refractivity contribution in [3.8, 4) is 0 Å². The Morgan fingerprint density at radius 1 is 1.39 bits per heavy atom. The van der Waals surface area contributed by atoms with Gasteiger partial charge in [0.05, 0.1) is 6.61 Å². The highest BCUT2D eigenvalue weighted by Crippen LogP contribution is 2.14. The number of nitrogens with zero attached hydrogens (tertiary/aromatic N) is 1. The summed E-state index contributed by atoms with van der Waals surface area (Å²) < 4.78 is 0. The molecule has 0 heterocycles. The maximum atomic E-state index is 12.0. The van der Waals surface area contributed by atoms with Crippen molar-refractivity contribution in [3.05, 3.63) is 0 Å². The van der Waals surface area contributed by atoms with Crippen LogP contribution in [-0.2, 0) is 4.79 Å². The lowest BCUT2D eigenvalue weighted by Gasteiger charge is -2.32. The van der Waals surface area contributed by atoms with Gasteiger partial charge < -0.3 is 20.4 Å². The Hall–Kier alpha value is -1.30. The zero-order chi connectivity index (χ0) is 14.3. The number of carbonyl (C=O) groups excluding carboxylic acids is 1. The number of hydrogen-bond acceptors (Lipinski definition) is 3. The van der Waals surface area contributed by atoms with Crippen molar-refractivity contribution in [3.63, 3.8) is 0 Å². The van der Waals surface area contributed by atoms with Crippen LogP contribution in [0.2, 0.25) is 0 Å². The molecule has 18 heavy (non-hydrogen) atoms. The molecule has 0 spiro atoms. The number of nitrogens with one attached hydrogen (secondary N) is 1. The fourth-order valence-corrected chi connectivity index (χ4v) is 1.73. The van der Waals surface area contributed by atoms with Crippen LogP contribution in [0, 0.1) is 0 Å². The Bertz CT molecular complexity index is 294. The molecule has 6 heteroatoms. The average molecular weight is 260 g/mol. The van der Waals surface area contributed by atoms with E-state index in [1.165, 1.54) is 11.8 Å². The predicted octanol–water partition coefficient (Wildman–Crippen LogP) is 1.04. The van der Waals surface area contributed by atoms with Gasteiger partial charge >= 0.3 is 12.0 Å². The van der Waals surface area contributed by atoms with Crippen LogP contribution in [0.25, 0.3) is 0 Å². The van der Waals surface area contributed by atoms with E-state index < -0.39 is 17.5 Å². The number of urea groups is 1. The van der Waals surface area contributed by atoms with Crippen LogP contribution in [0.3, 0.4) is 0 Å². The fraction of sp³-hybridized carbons (Fsp3) is 0.833. The van der Waals surface area contributed by atoms with Crippen LogP contribution < -0.4 is 5.32 Å². The van der Waals surface area contributed by atoms with Crippen LogP contribution in [0.1, 0.15) is 40.5 Å². The summed E-state index contributed by atoms with van der Waals surface area (Å²) in [4.78, 5) is 24.6. The van der Waals surface area contributed by atoms with E-state index in [0.717, 1.165) is 0 Å². The zero-order valence-electron chi connectivity index (χ0n) is 11.6. The van der Waals surface area contributed by atoms with Crippen molar-refractivity contribution in [1.29, 1.82) is 0 Å². The second-order valence-corrected chi connectivity index (χ2v) is 4.83. The Morgan fingerprint density at radius 3 is 2.28 bits per heavy atom. The van der Waals surface area contributed by atoms with Crippen LogP contribution in [-0.4, -0.2) is 51.8 Å². The number of carboxylic acids is 1. The SMILES string of the molecule is CCCC(C)(NC(=O)N(CCO)C(C)C)C(=O)O. The molecule has 0 saturated carbocycles. The molecule has 0 rings (SSSR count). The number of carboxylic acid groups (broad SMARTS) is 1. The zero-order valence-corrected chi connectivity index (χ0v) is 11.6. The van der Waals surface area contributed by atoms with E-state index in [1.54, 1.807) is 0 Å². The summed E-state index contributed by atoms with van der Waals surface area (Å²) in [5.74, 6) is -1.05. The molecule has 0 bridgehead atoms. The largest absolute Gasteiger partial charge is 0.480 e. The second kappa shape index (κ2) is 7.20. The summed E-state index contributed by atoms with van der Waals surface area (Å²) in [6.07, 6.45) is 1.02. The Balaban J connectivity index is 4.81. The molecule has 0 aliphatic carbocycles. The summed E-state index contributed by atoms with van der Waals surface area (Å²) >= 11 is 0. The lowest BCUT2D eigenvalue weighted by atomic mass is 9.96. The van der Waals surface area contributed by atoms with Gasteiger partial charge in [-0.15, -0.1) is 0 Å². The number of aliphatic hydroxyl groups is 1.